The fraction of sp³-hybridized carbons (Fsp3) is 0.900. The smallest absolute Gasteiger partial charge is 0.000473 e. The molecule has 0 aliphatic heterocycles. The van der Waals surface area contributed by atoms with Crippen molar-refractivity contribution in [2.75, 3.05) is 8.86 Å². The lowest BCUT2D eigenvalue weighted by Gasteiger charge is -2.00. The first kappa shape index (κ1) is 23.2. The second-order valence-electron chi connectivity index (χ2n) is 6.38. The van der Waals surface area contributed by atoms with E-state index in [2.05, 4.69) is 57.3 Å². The molecule has 22 heavy (non-hydrogen) atoms. The van der Waals surface area contributed by atoms with Gasteiger partial charge < -0.3 is 0 Å². The first-order chi connectivity index (χ1) is 10.9. The number of halogens is 2. The van der Waals surface area contributed by atoms with Crippen LogP contribution in [0.3, 0.4) is 0 Å². The summed E-state index contributed by atoms with van der Waals surface area (Å²) in [6.45, 7) is 0. The van der Waals surface area contributed by atoms with Gasteiger partial charge in [0.05, 0.1) is 0 Å². The van der Waals surface area contributed by atoms with Crippen LogP contribution in [0, 0.1) is 0 Å². The van der Waals surface area contributed by atoms with Crippen molar-refractivity contribution in [3.63, 3.8) is 0 Å². The Morgan fingerprint density at radius 2 is 0.636 bits per heavy atom. The predicted octanol–water partition coefficient (Wildman–Crippen LogP) is 8.65. The summed E-state index contributed by atoms with van der Waals surface area (Å²) in [4.78, 5) is 0. The summed E-state index contributed by atoms with van der Waals surface area (Å²) in [6.07, 6.45) is 27.6. The van der Waals surface area contributed by atoms with Crippen molar-refractivity contribution in [2.45, 2.75) is 103 Å². The fourth-order valence-corrected chi connectivity index (χ4v) is 3.80. The van der Waals surface area contributed by atoms with E-state index in [-0.39, 0.29) is 0 Å². The summed E-state index contributed by atoms with van der Waals surface area (Å²) < 4.78 is 2.67. The molecule has 132 valence electrons. The molecule has 0 rings (SSSR count). The zero-order valence-electron chi connectivity index (χ0n) is 14.6. The quantitative estimate of drug-likeness (QED) is 0.0718. The molecule has 0 amide bonds. The van der Waals surface area contributed by atoms with Crippen molar-refractivity contribution >= 4 is 45.2 Å². The van der Waals surface area contributed by atoms with Crippen LogP contribution in [-0.2, 0) is 0 Å². The zero-order valence-corrected chi connectivity index (χ0v) is 19.0. The molecule has 0 fully saturated rings. The van der Waals surface area contributed by atoms with Gasteiger partial charge in [0.2, 0.25) is 0 Å². The van der Waals surface area contributed by atoms with Crippen LogP contribution in [0.1, 0.15) is 103 Å². The minimum atomic E-state index is 1.31. The summed E-state index contributed by atoms with van der Waals surface area (Å²) in [5, 5.41) is 0. The Labute approximate surface area is 168 Å². The molecule has 0 nitrogen and oxygen atoms in total. The van der Waals surface area contributed by atoms with Crippen molar-refractivity contribution in [3.05, 3.63) is 12.2 Å². The second kappa shape index (κ2) is 22.2. The van der Waals surface area contributed by atoms with Gasteiger partial charge in [0.1, 0.15) is 0 Å². The molecular formula is C20H38I2. The van der Waals surface area contributed by atoms with E-state index in [0.717, 1.165) is 0 Å². The van der Waals surface area contributed by atoms with Crippen molar-refractivity contribution in [1.82, 2.24) is 0 Å². The van der Waals surface area contributed by atoms with Crippen LogP contribution in [0.2, 0.25) is 0 Å². The summed E-state index contributed by atoms with van der Waals surface area (Å²) >= 11 is 4.97. The summed E-state index contributed by atoms with van der Waals surface area (Å²) in [5.41, 5.74) is 0. The van der Waals surface area contributed by atoms with Gasteiger partial charge in [-0.2, -0.15) is 0 Å². The topological polar surface area (TPSA) is 0 Å². The number of allylic oxidation sites excluding steroid dienone is 2. The number of alkyl halides is 2. The Kier molecular flexibility index (Phi) is 23.4. The second-order valence-corrected chi connectivity index (χ2v) is 8.53. The summed E-state index contributed by atoms with van der Waals surface area (Å²) in [7, 11) is 0. The van der Waals surface area contributed by atoms with E-state index in [1.165, 1.54) is 112 Å². The number of unbranched alkanes of at least 4 members (excludes halogenated alkanes) is 14. The van der Waals surface area contributed by atoms with Gasteiger partial charge >= 0.3 is 0 Å². The molecule has 0 aromatic heterocycles. The maximum atomic E-state index is 2.48. The Morgan fingerprint density at radius 1 is 0.364 bits per heavy atom. The lowest BCUT2D eigenvalue weighted by atomic mass is 10.1. The van der Waals surface area contributed by atoms with Gasteiger partial charge in [0, 0.05) is 0 Å². The highest BCUT2D eigenvalue weighted by atomic mass is 127. The maximum Gasteiger partial charge on any atom is -0.000473 e. The first-order valence-electron chi connectivity index (χ1n) is 9.68. The number of rotatable bonds is 18. The van der Waals surface area contributed by atoms with Crippen molar-refractivity contribution in [1.29, 1.82) is 0 Å². The normalized spacial score (nSPS) is 11.5. The van der Waals surface area contributed by atoms with Crippen molar-refractivity contribution < 1.29 is 0 Å². The summed E-state index contributed by atoms with van der Waals surface area (Å²) in [6, 6.07) is 0. The van der Waals surface area contributed by atoms with E-state index >= 15 is 0 Å². The Balaban J connectivity index is 3.03. The monoisotopic (exact) mass is 532 g/mol. The first-order valence-corrected chi connectivity index (χ1v) is 12.7. The van der Waals surface area contributed by atoms with Crippen LogP contribution in [-0.4, -0.2) is 8.86 Å². The third kappa shape index (κ3) is 21.2. The molecule has 0 bridgehead atoms. The van der Waals surface area contributed by atoms with Crippen LogP contribution >= 0.6 is 45.2 Å². The Bertz CT molecular complexity index is 192. The highest BCUT2D eigenvalue weighted by Gasteiger charge is 1.92. The van der Waals surface area contributed by atoms with Gasteiger partial charge in [-0.25, -0.2) is 0 Å². The van der Waals surface area contributed by atoms with Gasteiger partial charge in [-0.3, -0.25) is 0 Å². The van der Waals surface area contributed by atoms with Gasteiger partial charge in [0.15, 0.2) is 0 Å². The Hall–Kier alpha value is 1.20. The predicted molar refractivity (Wildman–Crippen MR) is 121 cm³/mol. The molecule has 0 saturated heterocycles. The van der Waals surface area contributed by atoms with E-state index < -0.39 is 0 Å². The molecule has 0 heterocycles. The number of hydrogen-bond acceptors (Lipinski definition) is 0. The van der Waals surface area contributed by atoms with Crippen LogP contribution in [0.5, 0.6) is 0 Å². The van der Waals surface area contributed by atoms with Gasteiger partial charge in [0.25, 0.3) is 0 Å². The molecule has 0 radical (unpaired) electrons. The minimum absolute atomic E-state index is 1.31. The molecule has 0 aliphatic carbocycles. The largest absolute Gasteiger partial charge is 0.0885 e. The van der Waals surface area contributed by atoms with Crippen molar-refractivity contribution in [2.24, 2.45) is 0 Å². The van der Waals surface area contributed by atoms with Crippen LogP contribution in [0.4, 0.5) is 0 Å². The van der Waals surface area contributed by atoms with Crippen LogP contribution in [0.25, 0.3) is 0 Å². The zero-order chi connectivity index (χ0) is 16.1. The van der Waals surface area contributed by atoms with Gasteiger partial charge in [-0.1, -0.05) is 122 Å². The van der Waals surface area contributed by atoms with Crippen LogP contribution < -0.4 is 0 Å². The average molecular weight is 532 g/mol. The molecule has 2 heteroatoms. The highest BCUT2D eigenvalue weighted by molar-refractivity contribution is 14.1. The van der Waals surface area contributed by atoms with Gasteiger partial charge in [-0.15, -0.1) is 0 Å². The summed E-state index contributed by atoms with van der Waals surface area (Å²) in [5.74, 6) is 0. The average Bonchev–Trinajstić information content (AvgIpc) is 2.54. The highest BCUT2D eigenvalue weighted by Crippen LogP contribution is 2.11. The van der Waals surface area contributed by atoms with Gasteiger partial charge in [-0.05, 0) is 47.4 Å². The van der Waals surface area contributed by atoms with E-state index in [1.54, 1.807) is 0 Å². The maximum absolute atomic E-state index is 2.48. The molecule has 0 aliphatic rings. The third-order valence-corrected chi connectivity index (χ3v) is 5.70. The molecule has 0 aromatic rings. The molecule has 0 unspecified atom stereocenters. The third-order valence-electron chi connectivity index (χ3n) is 4.18. The van der Waals surface area contributed by atoms with Crippen LogP contribution in [0.15, 0.2) is 12.2 Å². The van der Waals surface area contributed by atoms with E-state index in [1.807, 2.05) is 0 Å². The standard InChI is InChI=1S/C20H38I2/c21-19-17-15-13-11-9-7-5-3-1-2-4-6-8-10-12-14-16-18-20-22/h1-2H,3-20H2. The lowest BCUT2D eigenvalue weighted by molar-refractivity contribution is 0.591. The lowest BCUT2D eigenvalue weighted by Crippen LogP contribution is -1.81. The molecule has 0 spiro atoms. The SMILES string of the molecule is ICCCCCCCCCC=CCCCCCCCCCI. The molecule has 0 atom stereocenters. The molecular weight excluding hydrogens is 494 g/mol. The number of hydrogen-bond donors (Lipinski definition) is 0. The molecule has 0 aromatic carbocycles. The van der Waals surface area contributed by atoms with E-state index in [0.29, 0.717) is 0 Å². The van der Waals surface area contributed by atoms with Crippen molar-refractivity contribution in [3.8, 4) is 0 Å². The fourth-order valence-electron chi connectivity index (χ4n) is 2.72. The minimum Gasteiger partial charge on any atom is -0.0885 e. The van der Waals surface area contributed by atoms with E-state index in [9.17, 15) is 0 Å². The molecule has 0 N–H and O–H groups in total. The Morgan fingerprint density at radius 3 is 0.955 bits per heavy atom. The molecule has 0 saturated carbocycles. The van der Waals surface area contributed by atoms with E-state index in [4.69, 9.17) is 0 Å².